The zero-order valence-corrected chi connectivity index (χ0v) is 36.2. The van der Waals surface area contributed by atoms with Gasteiger partial charge in [-0.1, -0.05) is 143 Å². The maximum absolute atomic E-state index is 12.7. The maximum atomic E-state index is 12.7. The summed E-state index contributed by atoms with van der Waals surface area (Å²) in [5, 5.41) is 40.1. The van der Waals surface area contributed by atoms with Crippen molar-refractivity contribution in [2.45, 2.75) is 179 Å². The summed E-state index contributed by atoms with van der Waals surface area (Å²) in [6.07, 6.45) is 44.2. The van der Waals surface area contributed by atoms with E-state index in [1.807, 2.05) is 12.2 Å². The number of aliphatic hydroxyl groups excluding tert-OH is 4. The van der Waals surface area contributed by atoms with Crippen molar-refractivity contribution in [2.75, 3.05) is 19.8 Å². The van der Waals surface area contributed by atoms with Gasteiger partial charge in [0.25, 0.3) is 0 Å². The highest BCUT2D eigenvalue weighted by Crippen LogP contribution is 2.22. The normalized spacial score (nSPS) is 20.9. The number of carbonyl (C=O) groups is 2. The zero-order chi connectivity index (χ0) is 43.0. The Bertz CT molecular complexity index is 1280. The number of ether oxygens (including phenoxy) is 4. The average molecular weight is 827 g/mol. The molecule has 0 aromatic carbocycles. The first-order valence-corrected chi connectivity index (χ1v) is 22.3. The Morgan fingerprint density at radius 3 is 1.58 bits per heavy atom. The molecule has 0 spiro atoms. The Labute approximate surface area is 356 Å². The quantitative estimate of drug-likeness (QED) is 0.0276. The molecule has 0 aromatic heterocycles. The van der Waals surface area contributed by atoms with Gasteiger partial charge in [-0.15, -0.1) is 0 Å². The lowest BCUT2D eigenvalue weighted by Gasteiger charge is -2.39. The Morgan fingerprint density at radius 1 is 0.542 bits per heavy atom. The lowest BCUT2D eigenvalue weighted by atomic mass is 9.99. The van der Waals surface area contributed by atoms with Crippen molar-refractivity contribution < 1.29 is 49.0 Å². The third-order valence-corrected chi connectivity index (χ3v) is 9.47. The van der Waals surface area contributed by atoms with E-state index in [-0.39, 0.29) is 26.1 Å². The van der Waals surface area contributed by atoms with Gasteiger partial charge in [-0.25, -0.2) is 0 Å². The maximum Gasteiger partial charge on any atom is 0.306 e. The lowest BCUT2D eigenvalue weighted by Crippen LogP contribution is -2.59. The van der Waals surface area contributed by atoms with Crippen molar-refractivity contribution in [3.05, 3.63) is 97.2 Å². The largest absolute Gasteiger partial charge is 0.462 e. The Hall–Kier alpha value is -3.38. The fourth-order valence-corrected chi connectivity index (χ4v) is 5.95. The predicted octanol–water partition coefficient (Wildman–Crippen LogP) is 9.55. The molecule has 0 bridgehead atoms. The summed E-state index contributed by atoms with van der Waals surface area (Å²) in [5.74, 6) is -0.931. The Morgan fingerprint density at radius 2 is 1.03 bits per heavy atom. The molecule has 1 saturated heterocycles. The van der Waals surface area contributed by atoms with Gasteiger partial charge in [-0.05, 0) is 83.5 Å². The van der Waals surface area contributed by atoms with Crippen LogP contribution < -0.4 is 0 Å². The van der Waals surface area contributed by atoms with Crippen molar-refractivity contribution >= 4 is 11.9 Å². The summed E-state index contributed by atoms with van der Waals surface area (Å²) in [6.45, 7) is 3.17. The summed E-state index contributed by atoms with van der Waals surface area (Å²) in [7, 11) is 0. The third kappa shape index (κ3) is 30.3. The fraction of sp³-hybridized carbons (Fsp3) is 0.633. The fourth-order valence-electron chi connectivity index (χ4n) is 5.95. The number of esters is 2. The molecular weight excluding hydrogens is 749 g/mol. The van der Waals surface area contributed by atoms with Crippen molar-refractivity contribution in [3.8, 4) is 0 Å². The van der Waals surface area contributed by atoms with Gasteiger partial charge in [0, 0.05) is 12.8 Å². The van der Waals surface area contributed by atoms with E-state index in [1.54, 1.807) is 0 Å². The summed E-state index contributed by atoms with van der Waals surface area (Å²) < 4.78 is 22.0. The first-order chi connectivity index (χ1) is 28.8. The standard InChI is InChI=1S/C49H78O10/c1-3-5-7-9-11-13-15-17-19-20-21-22-24-26-28-30-32-34-36-38-45(52)58-42(41-57-49-48(55)47(54)46(53)43(39-50)59-49)40-56-44(51)37-35-33-31-29-27-25-23-18-16-14-12-10-8-6-4-2/h5,7,11-14,17-19,21-23,26,28,32,34,42-43,46-50,53-55H,3-4,6,8-10,15-16,20,24-25,27,29-31,33,35-41H2,1-2H3/b7-5-,13-11-,14-12-,19-17-,22-21-,23-18-,28-26-,34-32-. The minimum Gasteiger partial charge on any atom is -0.462 e. The summed E-state index contributed by atoms with van der Waals surface area (Å²) in [4.78, 5) is 25.3. The van der Waals surface area contributed by atoms with Crippen LogP contribution in [0.2, 0.25) is 0 Å². The van der Waals surface area contributed by atoms with Crippen LogP contribution in [0.4, 0.5) is 0 Å². The topological polar surface area (TPSA) is 152 Å². The van der Waals surface area contributed by atoms with Crippen LogP contribution in [0.25, 0.3) is 0 Å². The van der Waals surface area contributed by atoms with Crippen LogP contribution in [-0.4, -0.2) is 89.0 Å². The van der Waals surface area contributed by atoms with Crippen LogP contribution in [-0.2, 0) is 28.5 Å². The van der Waals surface area contributed by atoms with Gasteiger partial charge in [0.1, 0.15) is 31.0 Å². The van der Waals surface area contributed by atoms with Crippen molar-refractivity contribution in [1.82, 2.24) is 0 Å². The second-order valence-electron chi connectivity index (χ2n) is 14.8. The van der Waals surface area contributed by atoms with Crippen LogP contribution in [0.3, 0.4) is 0 Å². The van der Waals surface area contributed by atoms with Crippen LogP contribution in [0.15, 0.2) is 97.2 Å². The van der Waals surface area contributed by atoms with Gasteiger partial charge in [0.05, 0.1) is 13.2 Å². The molecule has 6 atom stereocenters. The first kappa shape index (κ1) is 53.6. The van der Waals surface area contributed by atoms with Gasteiger partial charge in [0.15, 0.2) is 12.4 Å². The van der Waals surface area contributed by atoms with Gasteiger partial charge < -0.3 is 39.4 Å². The molecule has 0 saturated carbocycles. The van der Waals surface area contributed by atoms with Gasteiger partial charge in [0.2, 0.25) is 0 Å². The van der Waals surface area contributed by atoms with Crippen LogP contribution in [0.5, 0.6) is 0 Å². The van der Waals surface area contributed by atoms with E-state index >= 15 is 0 Å². The highest BCUT2D eigenvalue weighted by Gasteiger charge is 2.44. The summed E-state index contributed by atoms with van der Waals surface area (Å²) in [5.41, 5.74) is 0. The Kier molecular flexibility index (Phi) is 35.3. The average Bonchev–Trinajstić information content (AvgIpc) is 3.23. The van der Waals surface area contributed by atoms with Gasteiger partial charge >= 0.3 is 11.9 Å². The number of hydrogen-bond acceptors (Lipinski definition) is 10. The van der Waals surface area contributed by atoms with Crippen LogP contribution >= 0.6 is 0 Å². The number of allylic oxidation sites excluding steroid dienone is 16. The first-order valence-electron chi connectivity index (χ1n) is 22.3. The minimum absolute atomic E-state index is 0.0959. The monoisotopic (exact) mass is 827 g/mol. The van der Waals surface area contributed by atoms with E-state index < -0.39 is 55.4 Å². The van der Waals surface area contributed by atoms with E-state index in [0.717, 1.165) is 83.5 Å². The second-order valence-corrected chi connectivity index (χ2v) is 14.8. The van der Waals surface area contributed by atoms with Crippen molar-refractivity contribution in [3.63, 3.8) is 0 Å². The number of rotatable bonds is 35. The van der Waals surface area contributed by atoms with E-state index in [9.17, 15) is 30.0 Å². The van der Waals surface area contributed by atoms with Gasteiger partial charge in [-0.2, -0.15) is 0 Å². The third-order valence-electron chi connectivity index (χ3n) is 9.47. The molecule has 1 heterocycles. The predicted molar refractivity (Wildman–Crippen MR) is 237 cm³/mol. The second kappa shape index (κ2) is 38.8. The molecule has 0 aliphatic carbocycles. The number of carbonyl (C=O) groups excluding carboxylic acids is 2. The molecule has 10 nitrogen and oxygen atoms in total. The van der Waals surface area contributed by atoms with E-state index in [2.05, 4.69) is 98.9 Å². The highest BCUT2D eigenvalue weighted by atomic mass is 16.7. The molecule has 334 valence electrons. The number of aliphatic hydroxyl groups is 4. The van der Waals surface area contributed by atoms with Crippen molar-refractivity contribution in [2.24, 2.45) is 0 Å². The molecule has 0 amide bonds. The highest BCUT2D eigenvalue weighted by molar-refractivity contribution is 5.70. The van der Waals surface area contributed by atoms with Crippen LogP contribution in [0.1, 0.15) is 142 Å². The molecule has 0 aromatic rings. The molecular formula is C49H78O10. The minimum atomic E-state index is -1.62. The Balaban J connectivity index is 2.42. The SMILES string of the molecule is CC/C=C\C/C=C\C/C=C\C/C=C\C/C=C\C/C=C\CCC(=O)OC(COC(=O)CCCCCCC/C=C\C/C=C\CCCCC)COC1OC(CO)C(O)C(O)C1O. The lowest BCUT2D eigenvalue weighted by molar-refractivity contribution is -0.305. The molecule has 1 aliphatic rings. The smallest absolute Gasteiger partial charge is 0.306 e. The zero-order valence-electron chi connectivity index (χ0n) is 36.2. The van der Waals surface area contributed by atoms with Gasteiger partial charge in [-0.3, -0.25) is 9.59 Å². The van der Waals surface area contributed by atoms with E-state index in [4.69, 9.17) is 18.9 Å². The summed E-state index contributed by atoms with van der Waals surface area (Å²) in [6, 6.07) is 0. The number of unbranched alkanes of at least 4 members (excludes halogenated alkanes) is 8. The van der Waals surface area contributed by atoms with Crippen molar-refractivity contribution in [1.29, 1.82) is 0 Å². The van der Waals surface area contributed by atoms with E-state index in [1.165, 1.54) is 19.3 Å². The molecule has 59 heavy (non-hydrogen) atoms. The molecule has 1 aliphatic heterocycles. The molecule has 0 radical (unpaired) electrons. The summed E-state index contributed by atoms with van der Waals surface area (Å²) >= 11 is 0. The molecule has 1 rings (SSSR count). The molecule has 1 fully saturated rings. The number of hydrogen-bond donors (Lipinski definition) is 4. The van der Waals surface area contributed by atoms with E-state index in [0.29, 0.717) is 12.8 Å². The molecule has 4 N–H and O–H groups in total. The molecule has 10 heteroatoms. The van der Waals surface area contributed by atoms with Crippen LogP contribution in [0, 0.1) is 0 Å². The molecule has 6 unspecified atom stereocenters.